The van der Waals surface area contributed by atoms with Gasteiger partial charge in [-0.05, 0) is 11.8 Å². The molecule has 0 aromatic rings. The van der Waals surface area contributed by atoms with Gasteiger partial charge in [0.15, 0.2) is 0 Å². The molecule has 2 nitrogen and oxygen atoms in total. The Bertz CT molecular complexity index is 56.1. The lowest BCUT2D eigenvalue weighted by Crippen LogP contribution is -3.05. The molecule has 0 aromatic heterocycles. The van der Waals surface area contributed by atoms with Crippen molar-refractivity contribution in [1.29, 1.82) is 0 Å². The third-order valence-corrected chi connectivity index (χ3v) is 1.31. The van der Waals surface area contributed by atoms with Crippen molar-refractivity contribution in [1.82, 2.24) is 4.42 Å². The van der Waals surface area contributed by atoms with Gasteiger partial charge in [0.05, 0.1) is 20.6 Å². The van der Waals surface area contributed by atoms with Crippen molar-refractivity contribution in [3.05, 3.63) is 0 Å². The van der Waals surface area contributed by atoms with E-state index in [0.717, 1.165) is 6.54 Å². The smallest absolute Gasteiger partial charge is 0.0779 e. The zero-order valence-corrected chi connectivity index (χ0v) is 7.20. The van der Waals surface area contributed by atoms with Crippen LogP contribution in [0, 0.1) is 0 Å². The summed E-state index contributed by atoms with van der Waals surface area (Å²) in [7, 11) is 6.18. The van der Waals surface area contributed by atoms with Crippen LogP contribution in [0.3, 0.4) is 0 Å². The molecule has 1 N–H and O–H groups in total. The van der Waals surface area contributed by atoms with Crippen molar-refractivity contribution < 1.29 is 4.90 Å². The Morgan fingerprint density at radius 1 is 1.44 bits per heavy atom. The average molecular weight is 152 g/mol. The lowest BCUT2D eigenvalue weighted by atomic mass is 10.4. The Morgan fingerprint density at radius 2 is 2.00 bits per heavy atom. The second-order valence-corrected chi connectivity index (χ2v) is 3.22. The molecule has 0 aliphatic rings. The molecule has 0 rings (SSSR count). The average Bonchev–Trinajstić information content (AvgIpc) is 1.63. The molecule has 3 heteroatoms. The summed E-state index contributed by atoms with van der Waals surface area (Å²) in [6.45, 7) is 2.17. The van der Waals surface area contributed by atoms with Crippen LogP contribution >= 0.6 is 11.8 Å². The lowest BCUT2D eigenvalue weighted by molar-refractivity contribution is -0.858. The third kappa shape index (κ3) is 8.21. The van der Waals surface area contributed by atoms with Gasteiger partial charge >= 0.3 is 0 Å². The van der Waals surface area contributed by atoms with Crippen LogP contribution in [-0.2, 0) is 0 Å². The van der Waals surface area contributed by atoms with Gasteiger partial charge in [-0.3, -0.25) is 0 Å². The summed E-state index contributed by atoms with van der Waals surface area (Å²) in [4.78, 5) is 1.48. The standard InChI is InChI=1S/C6H15ClN2/c1-8(2)5-4-6-9(3)7/h4-6H2,1-3H3/p+1. The molecule has 0 aromatic carbocycles. The van der Waals surface area contributed by atoms with E-state index in [4.69, 9.17) is 11.8 Å². The van der Waals surface area contributed by atoms with Crippen LogP contribution in [0.2, 0.25) is 0 Å². The lowest BCUT2D eigenvalue weighted by Gasteiger charge is -2.08. The van der Waals surface area contributed by atoms with E-state index in [0.29, 0.717) is 0 Å². The monoisotopic (exact) mass is 151 g/mol. The Labute approximate surface area is 62.5 Å². The quantitative estimate of drug-likeness (QED) is 0.538. The van der Waals surface area contributed by atoms with E-state index < -0.39 is 0 Å². The van der Waals surface area contributed by atoms with Gasteiger partial charge in [-0.25, -0.2) is 4.42 Å². The van der Waals surface area contributed by atoms with Crippen molar-refractivity contribution in [3.8, 4) is 0 Å². The number of halogens is 1. The molecule has 0 radical (unpaired) electrons. The van der Waals surface area contributed by atoms with Crippen molar-refractivity contribution in [3.63, 3.8) is 0 Å². The number of quaternary nitrogens is 1. The van der Waals surface area contributed by atoms with Crippen LogP contribution < -0.4 is 4.90 Å². The molecule has 0 aliphatic carbocycles. The highest BCUT2D eigenvalue weighted by Gasteiger charge is 1.94. The summed E-state index contributed by atoms with van der Waals surface area (Å²) in [6, 6.07) is 0. The maximum Gasteiger partial charge on any atom is 0.0779 e. The van der Waals surface area contributed by atoms with Gasteiger partial charge in [-0.15, -0.1) is 0 Å². The summed E-state index contributed by atoms with van der Waals surface area (Å²) in [5, 5.41) is 0. The van der Waals surface area contributed by atoms with Crippen molar-refractivity contribution in [2.75, 3.05) is 34.2 Å². The van der Waals surface area contributed by atoms with E-state index in [1.165, 1.54) is 17.9 Å². The fourth-order valence-electron chi connectivity index (χ4n) is 0.650. The zero-order chi connectivity index (χ0) is 7.28. The molecule has 0 saturated carbocycles. The van der Waals surface area contributed by atoms with E-state index in [2.05, 4.69) is 14.1 Å². The summed E-state index contributed by atoms with van der Waals surface area (Å²) in [6.07, 6.45) is 1.17. The number of rotatable bonds is 4. The van der Waals surface area contributed by atoms with Crippen LogP contribution in [0.15, 0.2) is 0 Å². The molecule has 0 fully saturated rings. The van der Waals surface area contributed by atoms with Gasteiger partial charge in [0, 0.05) is 20.0 Å². The minimum Gasteiger partial charge on any atom is -0.340 e. The fourth-order valence-corrected chi connectivity index (χ4v) is 0.770. The number of hydrogen-bond acceptors (Lipinski definition) is 1. The van der Waals surface area contributed by atoms with Crippen LogP contribution in [0.25, 0.3) is 0 Å². The van der Waals surface area contributed by atoms with E-state index >= 15 is 0 Å². The van der Waals surface area contributed by atoms with Gasteiger partial charge in [0.1, 0.15) is 0 Å². The molecule has 0 unspecified atom stereocenters. The molecule has 0 atom stereocenters. The van der Waals surface area contributed by atoms with Crippen LogP contribution in [0.5, 0.6) is 0 Å². The SMILES string of the molecule is CN(Cl)CCC[NH+](C)C. The van der Waals surface area contributed by atoms with Crippen LogP contribution in [0.4, 0.5) is 0 Å². The first-order valence-corrected chi connectivity index (χ1v) is 3.62. The molecule has 9 heavy (non-hydrogen) atoms. The summed E-state index contributed by atoms with van der Waals surface area (Å²) < 4.78 is 1.70. The fraction of sp³-hybridized carbons (Fsp3) is 1.00. The van der Waals surface area contributed by atoms with Gasteiger partial charge in [0.2, 0.25) is 0 Å². The number of nitrogens with zero attached hydrogens (tertiary/aromatic N) is 1. The Kier molecular flexibility index (Phi) is 5.15. The normalized spacial score (nSPS) is 11.3. The molecule has 0 aliphatic heterocycles. The van der Waals surface area contributed by atoms with E-state index in [1.807, 2.05) is 7.05 Å². The predicted octanol–water partition coefficient (Wildman–Crippen LogP) is -0.393. The highest BCUT2D eigenvalue weighted by atomic mass is 35.5. The van der Waals surface area contributed by atoms with E-state index in [1.54, 1.807) is 4.42 Å². The maximum absolute atomic E-state index is 5.59. The van der Waals surface area contributed by atoms with Gasteiger partial charge in [-0.1, -0.05) is 0 Å². The Morgan fingerprint density at radius 3 is 2.33 bits per heavy atom. The molecule has 0 spiro atoms. The summed E-state index contributed by atoms with van der Waals surface area (Å²) in [5.74, 6) is 0. The first-order chi connectivity index (χ1) is 4.13. The molecule has 0 amide bonds. The molecular formula is C6H16ClN2+. The summed E-state index contributed by atoms with van der Waals surface area (Å²) in [5.41, 5.74) is 0. The van der Waals surface area contributed by atoms with E-state index in [9.17, 15) is 0 Å². The second kappa shape index (κ2) is 5.03. The molecule has 0 heterocycles. The Hall–Kier alpha value is 0.210. The van der Waals surface area contributed by atoms with Crippen molar-refractivity contribution in [2.24, 2.45) is 0 Å². The first-order valence-electron chi connectivity index (χ1n) is 3.29. The number of hydrogen-bond donors (Lipinski definition) is 1. The maximum atomic E-state index is 5.59. The second-order valence-electron chi connectivity index (χ2n) is 2.64. The van der Waals surface area contributed by atoms with E-state index in [-0.39, 0.29) is 0 Å². The molecule has 0 saturated heterocycles. The first kappa shape index (κ1) is 9.21. The molecule has 0 bridgehead atoms. The van der Waals surface area contributed by atoms with Gasteiger partial charge in [0.25, 0.3) is 0 Å². The van der Waals surface area contributed by atoms with Crippen LogP contribution in [0.1, 0.15) is 6.42 Å². The minimum absolute atomic E-state index is 0.979. The predicted molar refractivity (Wildman–Crippen MR) is 40.8 cm³/mol. The highest BCUT2D eigenvalue weighted by molar-refractivity contribution is 6.13. The highest BCUT2D eigenvalue weighted by Crippen LogP contribution is 1.87. The Balaban J connectivity index is 2.91. The zero-order valence-electron chi connectivity index (χ0n) is 6.45. The molecule has 56 valence electrons. The van der Waals surface area contributed by atoms with Gasteiger partial charge in [-0.2, -0.15) is 0 Å². The number of nitrogens with one attached hydrogen (secondary N) is 1. The van der Waals surface area contributed by atoms with Crippen molar-refractivity contribution >= 4 is 11.8 Å². The largest absolute Gasteiger partial charge is 0.340 e. The van der Waals surface area contributed by atoms with Crippen LogP contribution in [-0.4, -0.2) is 38.7 Å². The van der Waals surface area contributed by atoms with Crippen molar-refractivity contribution in [2.45, 2.75) is 6.42 Å². The topological polar surface area (TPSA) is 7.68 Å². The molecular weight excluding hydrogens is 136 g/mol. The van der Waals surface area contributed by atoms with Gasteiger partial charge < -0.3 is 4.90 Å². The minimum atomic E-state index is 0.979. The summed E-state index contributed by atoms with van der Waals surface area (Å²) >= 11 is 5.59. The third-order valence-electron chi connectivity index (χ3n) is 1.14.